The quantitative estimate of drug-likeness (QED) is 0.343. The monoisotopic (exact) mass is 573 g/mol. The first kappa shape index (κ1) is 29.8. The molecular formula is C27H29F6N3O4. The normalized spacial score (nSPS) is 24.4. The van der Waals surface area contributed by atoms with Crippen molar-refractivity contribution in [3.63, 3.8) is 0 Å². The SMILES string of the molecule is COCCN1C(=O)N[C@@]2(CC[C@@](CO[C@H](C)c3cc(C(F)(F)F)cc(C(F)(F)F)c3)(c3ccccc3)NC2)C1=O. The Morgan fingerprint density at radius 2 is 1.60 bits per heavy atom. The molecule has 0 bridgehead atoms. The van der Waals surface area contributed by atoms with Gasteiger partial charge in [0.15, 0.2) is 0 Å². The first-order valence-electron chi connectivity index (χ1n) is 12.6. The second-order valence-electron chi connectivity index (χ2n) is 10.1. The van der Waals surface area contributed by atoms with E-state index in [4.69, 9.17) is 9.47 Å². The van der Waals surface area contributed by atoms with Crippen LogP contribution in [-0.2, 0) is 32.2 Å². The molecule has 0 unspecified atom stereocenters. The summed E-state index contributed by atoms with van der Waals surface area (Å²) in [6.07, 6.45) is -10.6. The van der Waals surface area contributed by atoms with Crippen LogP contribution < -0.4 is 10.6 Å². The summed E-state index contributed by atoms with van der Waals surface area (Å²) >= 11 is 0. The van der Waals surface area contributed by atoms with Crippen LogP contribution in [0.15, 0.2) is 48.5 Å². The summed E-state index contributed by atoms with van der Waals surface area (Å²) in [6.45, 7) is 1.56. The third-order valence-electron chi connectivity index (χ3n) is 7.46. The number of nitrogens with zero attached hydrogens (tertiary/aromatic N) is 1. The highest BCUT2D eigenvalue weighted by molar-refractivity contribution is 6.07. The van der Waals surface area contributed by atoms with Gasteiger partial charge in [0.25, 0.3) is 5.91 Å². The molecule has 0 radical (unpaired) electrons. The number of urea groups is 1. The van der Waals surface area contributed by atoms with Crippen molar-refractivity contribution < 1.29 is 45.4 Å². The molecule has 0 aromatic heterocycles. The Labute approximate surface area is 226 Å². The summed E-state index contributed by atoms with van der Waals surface area (Å²) in [7, 11) is 1.45. The Hall–Kier alpha value is -3.16. The van der Waals surface area contributed by atoms with Crippen molar-refractivity contribution in [3.05, 3.63) is 70.8 Å². The number of carbonyl (C=O) groups excluding carboxylic acids is 2. The van der Waals surface area contributed by atoms with Crippen LogP contribution in [-0.4, -0.2) is 55.8 Å². The van der Waals surface area contributed by atoms with E-state index in [2.05, 4.69) is 10.6 Å². The molecule has 0 saturated carbocycles. The molecule has 40 heavy (non-hydrogen) atoms. The van der Waals surface area contributed by atoms with Crippen molar-refractivity contribution in [2.24, 2.45) is 0 Å². The third-order valence-corrected chi connectivity index (χ3v) is 7.46. The Morgan fingerprint density at radius 1 is 0.975 bits per heavy atom. The molecule has 13 heteroatoms. The van der Waals surface area contributed by atoms with Gasteiger partial charge in [-0.25, -0.2) is 4.79 Å². The van der Waals surface area contributed by atoms with E-state index in [9.17, 15) is 35.9 Å². The molecule has 218 valence electrons. The Morgan fingerprint density at radius 3 is 2.12 bits per heavy atom. The van der Waals surface area contributed by atoms with Gasteiger partial charge in [-0.3, -0.25) is 9.69 Å². The van der Waals surface area contributed by atoms with Crippen molar-refractivity contribution >= 4 is 11.9 Å². The fourth-order valence-corrected chi connectivity index (χ4v) is 5.06. The first-order valence-corrected chi connectivity index (χ1v) is 12.6. The fourth-order valence-electron chi connectivity index (χ4n) is 5.06. The Kier molecular flexibility index (Phi) is 8.21. The number of hydrogen-bond donors (Lipinski definition) is 2. The molecule has 3 amide bonds. The predicted molar refractivity (Wildman–Crippen MR) is 131 cm³/mol. The number of carbonyl (C=O) groups is 2. The molecule has 2 aliphatic rings. The number of nitrogens with one attached hydrogen (secondary N) is 2. The van der Waals surface area contributed by atoms with Gasteiger partial charge >= 0.3 is 18.4 Å². The molecule has 1 spiro atoms. The smallest absolute Gasteiger partial charge is 0.383 e. The Balaban J connectivity index is 1.57. The van der Waals surface area contributed by atoms with Gasteiger partial charge in [-0.05, 0) is 49.1 Å². The maximum Gasteiger partial charge on any atom is 0.416 e. The van der Waals surface area contributed by atoms with E-state index < -0.39 is 52.6 Å². The number of benzene rings is 2. The summed E-state index contributed by atoms with van der Waals surface area (Å²) < 4.78 is 91.2. The minimum atomic E-state index is -4.98. The molecule has 2 fully saturated rings. The molecule has 2 aromatic carbocycles. The van der Waals surface area contributed by atoms with E-state index in [0.717, 1.165) is 10.5 Å². The molecule has 3 atom stereocenters. The number of rotatable bonds is 8. The number of hydrogen-bond acceptors (Lipinski definition) is 5. The summed E-state index contributed by atoms with van der Waals surface area (Å²) in [5, 5.41) is 6.07. The highest BCUT2D eigenvalue weighted by Gasteiger charge is 2.55. The van der Waals surface area contributed by atoms with Gasteiger partial charge in [-0.1, -0.05) is 30.3 Å². The van der Waals surface area contributed by atoms with Gasteiger partial charge in [0.1, 0.15) is 5.54 Å². The summed E-state index contributed by atoms with van der Waals surface area (Å²) in [4.78, 5) is 26.7. The van der Waals surface area contributed by atoms with Crippen molar-refractivity contribution in [2.45, 2.75) is 49.3 Å². The summed E-state index contributed by atoms with van der Waals surface area (Å²) in [5.41, 5.74) is -4.49. The van der Waals surface area contributed by atoms with E-state index in [0.29, 0.717) is 12.1 Å². The van der Waals surface area contributed by atoms with Gasteiger partial charge < -0.3 is 20.1 Å². The van der Waals surface area contributed by atoms with Crippen LogP contribution in [0, 0.1) is 0 Å². The minimum Gasteiger partial charge on any atom is -0.383 e. The summed E-state index contributed by atoms with van der Waals surface area (Å²) in [5.74, 6) is -0.401. The molecule has 2 N–H and O–H groups in total. The van der Waals surface area contributed by atoms with Crippen LogP contribution in [0.1, 0.15) is 48.1 Å². The topological polar surface area (TPSA) is 79.9 Å². The lowest BCUT2D eigenvalue weighted by molar-refractivity contribution is -0.143. The maximum atomic E-state index is 13.4. The lowest BCUT2D eigenvalue weighted by Gasteiger charge is -2.45. The van der Waals surface area contributed by atoms with Gasteiger partial charge in [0, 0.05) is 13.7 Å². The molecule has 4 rings (SSSR count). The number of ether oxygens (including phenoxy) is 2. The van der Waals surface area contributed by atoms with Gasteiger partial charge in [-0.15, -0.1) is 0 Å². The third kappa shape index (κ3) is 5.96. The van der Waals surface area contributed by atoms with E-state index in [1.807, 2.05) is 12.1 Å². The number of imide groups is 1. The fraction of sp³-hybridized carbons (Fsp3) is 0.481. The van der Waals surface area contributed by atoms with Crippen LogP contribution in [0.2, 0.25) is 0 Å². The Bertz CT molecular complexity index is 1190. The predicted octanol–water partition coefficient (Wildman–Crippen LogP) is 5.02. The summed E-state index contributed by atoms with van der Waals surface area (Å²) in [6, 6.07) is 9.82. The molecule has 0 aliphatic carbocycles. The highest BCUT2D eigenvalue weighted by atomic mass is 19.4. The van der Waals surface area contributed by atoms with Crippen LogP contribution in [0.3, 0.4) is 0 Å². The van der Waals surface area contributed by atoms with Crippen molar-refractivity contribution in [2.75, 3.05) is 33.4 Å². The van der Waals surface area contributed by atoms with Crippen LogP contribution in [0.5, 0.6) is 0 Å². The average molecular weight is 574 g/mol. The van der Waals surface area contributed by atoms with Gasteiger partial charge in [0.05, 0.1) is 42.5 Å². The van der Waals surface area contributed by atoms with Crippen LogP contribution in [0.4, 0.5) is 31.1 Å². The molecule has 2 aromatic rings. The van der Waals surface area contributed by atoms with Gasteiger partial charge in [0.2, 0.25) is 0 Å². The minimum absolute atomic E-state index is 0.0372. The molecular weight excluding hydrogens is 544 g/mol. The largest absolute Gasteiger partial charge is 0.416 e. The number of piperidine rings is 1. The second-order valence-corrected chi connectivity index (χ2v) is 10.1. The molecule has 2 heterocycles. The second kappa shape index (κ2) is 11.0. The zero-order valence-electron chi connectivity index (χ0n) is 21.8. The number of halogens is 6. The number of amides is 3. The highest BCUT2D eigenvalue weighted by Crippen LogP contribution is 2.40. The lowest BCUT2D eigenvalue weighted by Crippen LogP contribution is -2.64. The van der Waals surface area contributed by atoms with E-state index >= 15 is 0 Å². The number of alkyl halides is 6. The zero-order valence-corrected chi connectivity index (χ0v) is 21.8. The molecule has 2 aliphatic heterocycles. The standard InChI is InChI=1S/C27H29F6N3O4/c1-17(18-12-20(26(28,29)30)14-21(13-18)27(31,32)33)40-16-25(19-6-4-3-5-7-19)9-8-24(15-34-25)22(37)36(10-11-39-2)23(38)35-24/h3-7,12-14,17,34H,8-11,15-16H2,1-2H3,(H,35,38)/t17-,24-,25-/m1/s1. The first-order chi connectivity index (χ1) is 18.7. The maximum absolute atomic E-state index is 13.4. The van der Waals surface area contributed by atoms with Crippen LogP contribution in [0.25, 0.3) is 0 Å². The van der Waals surface area contributed by atoms with E-state index in [-0.39, 0.29) is 50.8 Å². The lowest BCUT2D eigenvalue weighted by atomic mass is 9.76. The van der Waals surface area contributed by atoms with Crippen LogP contribution >= 0.6 is 0 Å². The van der Waals surface area contributed by atoms with Gasteiger partial charge in [-0.2, -0.15) is 26.3 Å². The van der Waals surface area contributed by atoms with Crippen molar-refractivity contribution in [3.8, 4) is 0 Å². The zero-order chi connectivity index (χ0) is 29.3. The average Bonchev–Trinajstić information content (AvgIpc) is 3.14. The van der Waals surface area contributed by atoms with E-state index in [1.165, 1.54) is 14.0 Å². The van der Waals surface area contributed by atoms with E-state index in [1.54, 1.807) is 18.2 Å². The number of methoxy groups -OCH3 is 1. The van der Waals surface area contributed by atoms with Crippen molar-refractivity contribution in [1.29, 1.82) is 0 Å². The van der Waals surface area contributed by atoms with Crippen molar-refractivity contribution in [1.82, 2.24) is 15.5 Å². The molecule has 7 nitrogen and oxygen atoms in total. The molecule has 2 saturated heterocycles.